The molecule has 1 aromatic carbocycles. The van der Waals surface area contributed by atoms with Crippen LogP contribution in [0.5, 0.6) is 0 Å². The summed E-state index contributed by atoms with van der Waals surface area (Å²) in [6, 6.07) is 9.51. The SMILES string of the molecule is O=C(Nc1cccc(-c2noc(C(F)F)n2)c1)c1ccc(Br)o1. The van der Waals surface area contributed by atoms with Gasteiger partial charge in [0.1, 0.15) is 0 Å². The molecular weight excluding hydrogens is 376 g/mol. The summed E-state index contributed by atoms with van der Waals surface area (Å²) in [5.74, 6) is -1.07. The molecule has 118 valence electrons. The number of benzene rings is 1. The van der Waals surface area contributed by atoms with Crippen molar-refractivity contribution in [1.82, 2.24) is 10.1 Å². The molecule has 0 fully saturated rings. The average molecular weight is 384 g/mol. The van der Waals surface area contributed by atoms with Crippen LogP contribution in [0.2, 0.25) is 0 Å². The topological polar surface area (TPSA) is 81.2 Å². The molecule has 6 nitrogen and oxygen atoms in total. The largest absolute Gasteiger partial charge is 0.444 e. The van der Waals surface area contributed by atoms with E-state index in [9.17, 15) is 13.6 Å². The van der Waals surface area contributed by atoms with E-state index in [0.29, 0.717) is 15.9 Å². The Balaban J connectivity index is 1.80. The van der Waals surface area contributed by atoms with Crippen molar-refractivity contribution in [3.05, 3.63) is 52.7 Å². The molecule has 3 rings (SSSR count). The molecule has 23 heavy (non-hydrogen) atoms. The molecule has 0 spiro atoms. The highest BCUT2D eigenvalue weighted by atomic mass is 79.9. The minimum absolute atomic E-state index is 0.0112. The van der Waals surface area contributed by atoms with Crippen LogP contribution in [-0.2, 0) is 0 Å². The summed E-state index contributed by atoms with van der Waals surface area (Å²) < 4.78 is 35.0. The van der Waals surface area contributed by atoms with E-state index in [4.69, 9.17) is 4.42 Å². The van der Waals surface area contributed by atoms with Crippen LogP contribution in [0.15, 0.2) is 50.0 Å². The maximum atomic E-state index is 12.5. The third-order valence-electron chi connectivity index (χ3n) is 2.80. The van der Waals surface area contributed by atoms with Crippen LogP contribution in [0.25, 0.3) is 11.4 Å². The first-order valence-corrected chi connectivity index (χ1v) is 7.11. The third-order valence-corrected chi connectivity index (χ3v) is 3.23. The summed E-state index contributed by atoms with van der Waals surface area (Å²) in [5, 5.41) is 6.11. The lowest BCUT2D eigenvalue weighted by atomic mass is 10.2. The minimum atomic E-state index is -2.84. The van der Waals surface area contributed by atoms with Gasteiger partial charge < -0.3 is 14.3 Å². The number of aromatic nitrogens is 2. The first-order valence-electron chi connectivity index (χ1n) is 6.32. The van der Waals surface area contributed by atoms with Crippen LogP contribution in [0.3, 0.4) is 0 Å². The molecule has 1 amide bonds. The van der Waals surface area contributed by atoms with Crippen molar-refractivity contribution in [2.75, 3.05) is 5.32 Å². The standard InChI is InChI=1S/C14H8BrF2N3O3/c15-10-5-4-9(22-10)13(21)18-8-3-1-2-7(6-8)12-19-14(11(16)17)23-20-12/h1-6,11H,(H,18,21). The smallest absolute Gasteiger partial charge is 0.315 e. The quantitative estimate of drug-likeness (QED) is 0.726. The van der Waals surface area contributed by atoms with E-state index in [0.717, 1.165) is 0 Å². The van der Waals surface area contributed by atoms with Crippen LogP contribution in [0.4, 0.5) is 14.5 Å². The van der Waals surface area contributed by atoms with Gasteiger partial charge in [0.05, 0.1) is 0 Å². The first kappa shape index (κ1) is 15.3. The lowest BCUT2D eigenvalue weighted by Crippen LogP contribution is -2.10. The highest BCUT2D eigenvalue weighted by Gasteiger charge is 2.17. The van der Waals surface area contributed by atoms with Crippen LogP contribution < -0.4 is 5.32 Å². The lowest BCUT2D eigenvalue weighted by Gasteiger charge is -2.04. The Kier molecular flexibility index (Phi) is 4.20. The first-order chi connectivity index (χ1) is 11.0. The fourth-order valence-electron chi connectivity index (χ4n) is 1.81. The van der Waals surface area contributed by atoms with E-state index in [2.05, 4.69) is 35.9 Å². The Bertz CT molecular complexity index is 847. The van der Waals surface area contributed by atoms with Gasteiger partial charge in [0, 0.05) is 11.3 Å². The number of furan rings is 1. The number of carbonyl (C=O) groups excluding carboxylic acids is 1. The Morgan fingerprint density at radius 3 is 2.74 bits per heavy atom. The maximum absolute atomic E-state index is 12.5. The number of anilines is 1. The van der Waals surface area contributed by atoms with Gasteiger partial charge in [-0.15, -0.1) is 0 Å². The van der Waals surface area contributed by atoms with Crippen molar-refractivity contribution < 1.29 is 22.5 Å². The fourth-order valence-corrected chi connectivity index (χ4v) is 2.11. The normalized spacial score (nSPS) is 11.0. The van der Waals surface area contributed by atoms with Crippen LogP contribution in [-0.4, -0.2) is 16.0 Å². The second-order valence-corrected chi connectivity index (χ2v) is 5.18. The number of hydrogen-bond acceptors (Lipinski definition) is 5. The highest BCUT2D eigenvalue weighted by Crippen LogP contribution is 2.24. The Labute approximate surface area is 136 Å². The van der Waals surface area contributed by atoms with E-state index in [1.165, 1.54) is 12.1 Å². The molecule has 0 aliphatic rings. The van der Waals surface area contributed by atoms with E-state index in [1.54, 1.807) is 24.3 Å². The summed E-state index contributed by atoms with van der Waals surface area (Å²) in [5.41, 5.74) is 0.863. The summed E-state index contributed by atoms with van der Waals surface area (Å²) in [6.07, 6.45) is -2.84. The van der Waals surface area contributed by atoms with Gasteiger partial charge in [-0.25, -0.2) is 0 Å². The molecule has 0 aliphatic carbocycles. The number of nitrogens with zero attached hydrogens (tertiary/aromatic N) is 2. The van der Waals surface area contributed by atoms with Gasteiger partial charge in [0.25, 0.3) is 11.8 Å². The highest BCUT2D eigenvalue weighted by molar-refractivity contribution is 9.10. The Hall–Kier alpha value is -2.55. The predicted octanol–water partition coefficient (Wildman–Crippen LogP) is 4.28. The second kappa shape index (κ2) is 6.29. The molecule has 3 aromatic rings. The summed E-state index contributed by atoms with van der Waals surface area (Å²) in [7, 11) is 0. The van der Waals surface area contributed by atoms with Gasteiger partial charge in [-0.1, -0.05) is 17.3 Å². The van der Waals surface area contributed by atoms with Crippen molar-refractivity contribution in [2.45, 2.75) is 6.43 Å². The number of hydrogen-bond donors (Lipinski definition) is 1. The molecular formula is C14H8BrF2N3O3. The molecule has 0 unspecified atom stereocenters. The number of nitrogens with one attached hydrogen (secondary N) is 1. The molecule has 9 heteroatoms. The molecule has 0 aliphatic heterocycles. The van der Waals surface area contributed by atoms with E-state index >= 15 is 0 Å². The monoisotopic (exact) mass is 383 g/mol. The molecule has 0 atom stereocenters. The van der Waals surface area contributed by atoms with Gasteiger partial charge in [0.2, 0.25) is 5.82 Å². The van der Waals surface area contributed by atoms with Crippen LogP contribution in [0, 0.1) is 0 Å². The number of halogens is 3. The van der Waals surface area contributed by atoms with Crippen molar-refractivity contribution in [2.24, 2.45) is 0 Å². The Morgan fingerprint density at radius 1 is 1.26 bits per heavy atom. The zero-order valence-electron chi connectivity index (χ0n) is 11.3. The molecule has 2 heterocycles. The van der Waals surface area contributed by atoms with Crippen molar-refractivity contribution in [3.63, 3.8) is 0 Å². The minimum Gasteiger partial charge on any atom is -0.444 e. The van der Waals surface area contributed by atoms with Crippen molar-refractivity contribution in [1.29, 1.82) is 0 Å². The number of amides is 1. The van der Waals surface area contributed by atoms with Crippen LogP contribution in [0.1, 0.15) is 22.9 Å². The zero-order chi connectivity index (χ0) is 16.4. The van der Waals surface area contributed by atoms with Gasteiger partial charge in [-0.3, -0.25) is 4.79 Å². The summed E-state index contributed by atoms with van der Waals surface area (Å²) in [4.78, 5) is 15.6. The second-order valence-electron chi connectivity index (χ2n) is 4.40. The predicted molar refractivity (Wildman–Crippen MR) is 79.1 cm³/mol. The molecule has 0 saturated carbocycles. The number of rotatable bonds is 4. The van der Waals surface area contributed by atoms with Gasteiger partial charge in [-0.05, 0) is 40.2 Å². The maximum Gasteiger partial charge on any atom is 0.315 e. The fraction of sp³-hybridized carbons (Fsp3) is 0.0714. The van der Waals surface area contributed by atoms with Gasteiger partial charge >= 0.3 is 6.43 Å². The Morgan fingerprint density at radius 2 is 2.09 bits per heavy atom. The molecule has 0 radical (unpaired) electrons. The summed E-state index contributed by atoms with van der Waals surface area (Å²) >= 11 is 3.11. The molecule has 2 aromatic heterocycles. The van der Waals surface area contributed by atoms with Crippen molar-refractivity contribution >= 4 is 27.5 Å². The van der Waals surface area contributed by atoms with Gasteiger partial charge in [0.15, 0.2) is 10.4 Å². The van der Waals surface area contributed by atoms with E-state index < -0.39 is 18.2 Å². The molecule has 1 N–H and O–H groups in total. The molecule has 0 bridgehead atoms. The number of carbonyl (C=O) groups is 1. The average Bonchev–Trinajstić information content (AvgIpc) is 3.16. The number of alkyl halides is 2. The lowest BCUT2D eigenvalue weighted by molar-refractivity contribution is 0.0995. The van der Waals surface area contributed by atoms with E-state index in [-0.39, 0.29) is 11.6 Å². The van der Waals surface area contributed by atoms with Gasteiger partial charge in [-0.2, -0.15) is 13.8 Å². The van der Waals surface area contributed by atoms with E-state index in [1.807, 2.05) is 0 Å². The third kappa shape index (κ3) is 3.45. The zero-order valence-corrected chi connectivity index (χ0v) is 12.9. The summed E-state index contributed by atoms with van der Waals surface area (Å²) in [6.45, 7) is 0. The molecule has 0 saturated heterocycles. The van der Waals surface area contributed by atoms with Crippen molar-refractivity contribution in [3.8, 4) is 11.4 Å². The van der Waals surface area contributed by atoms with Crippen LogP contribution >= 0.6 is 15.9 Å².